The quantitative estimate of drug-likeness (QED) is 0.250. The summed E-state index contributed by atoms with van der Waals surface area (Å²) in [5, 5.41) is 9.31. The molecule has 0 saturated heterocycles. The molecule has 2 aromatic carbocycles. The van der Waals surface area contributed by atoms with E-state index in [-0.39, 0.29) is 0 Å². The van der Waals surface area contributed by atoms with E-state index in [1.54, 1.807) is 24.5 Å². The first-order valence-electron chi connectivity index (χ1n) is 11.5. The van der Waals surface area contributed by atoms with Crippen molar-refractivity contribution in [3.63, 3.8) is 0 Å². The highest BCUT2D eigenvalue weighted by Crippen LogP contribution is 2.26. The molecule has 0 aliphatic heterocycles. The molecule has 0 fully saturated rings. The van der Waals surface area contributed by atoms with Gasteiger partial charge in [0.15, 0.2) is 5.60 Å². The number of aryl methyl sites for hydroxylation is 1. The maximum atomic E-state index is 11.4. The van der Waals surface area contributed by atoms with Crippen LogP contribution in [0.2, 0.25) is 0 Å². The molecule has 7 nitrogen and oxygen atoms in total. The zero-order chi connectivity index (χ0) is 25.7. The molecule has 4 rings (SSSR count). The monoisotopic (exact) mass is 549 g/mol. The topological polar surface area (TPSA) is 88.7 Å². The highest BCUT2D eigenvalue weighted by molar-refractivity contribution is 9.10. The summed E-state index contributed by atoms with van der Waals surface area (Å²) in [6, 6.07) is 19.4. The first-order valence-corrected chi connectivity index (χ1v) is 12.3. The number of oxazole rings is 1. The number of hydrogen-bond donors (Lipinski definition) is 1. The molecule has 0 aliphatic carbocycles. The number of hydrogen-bond acceptors (Lipinski definition) is 6. The van der Waals surface area contributed by atoms with Crippen molar-refractivity contribution in [2.24, 2.45) is 0 Å². The van der Waals surface area contributed by atoms with E-state index in [4.69, 9.17) is 14.1 Å². The number of nitrogens with zero attached hydrogens (tertiary/aromatic N) is 3. The van der Waals surface area contributed by atoms with E-state index in [0.717, 1.165) is 32.6 Å². The minimum absolute atomic E-state index is 0.512. The molecule has 0 saturated carbocycles. The summed E-state index contributed by atoms with van der Waals surface area (Å²) < 4.78 is 12.6. The molecule has 0 bridgehead atoms. The Morgan fingerprint density at radius 3 is 2.33 bits per heavy atom. The van der Waals surface area contributed by atoms with Crippen LogP contribution in [0, 0.1) is 6.92 Å². The Balaban J connectivity index is 1.54. The molecule has 0 aliphatic rings. The van der Waals surface area contributed by atoms with Gasteiger partial charge in [0, 0.05) is 42.1 Å². The molecule has 0 spiro atoms. The molecule has 2 heterocycles. The van der Waals surface area contributed by atoms with Crippen LogP contribution in [-0.2, 0) is 24.4 Å². The van der Waals surface area contributed by atoms with Crippen LogP contribution >= 0.6 is 15.9 Å². The second-order valence-electron chi connectivity index (χ2n) is 9.09. The third kappa shape index (κ3) is 6.59. The van der Waals surface area contributed by atoms with Crippen LogP contribution in [0.5, 0.6) is 5.75 Å². The zero-order valence-electron chi connectivity index (χ0n) is 20.4. The fourth-order valence-electron chi connectivity index (χ4n) is 3.71. The van der Waals surface area contributed by atoms with Gasteiger partial charge in [0.25, 0.3) is 0 Å². The molecule has 36 heavy (non-hydrogen) atoms. The minimum Gasteiger partial charge on any atom is -0.478 e. The standard InChI is InChI=1S/C28H28BrN3O4/c1-19-25(31-26(35-19)22-5-4-6-23(29)15-22)18-32(17-21-11-13-30-14-12-21)16-20-7-9-24(10-8-20)36-28(2,3)27(33)34/h4-15H,16-18H2,1-3H3,(H,33,34). The van der Waals surface area contributed by atoms with Crippen molar-refractivity contribution >= 4 is 21.9 Å². The molecular formula is C28H28BrN3O4. The van der Waals surface area contributed by atoms with Gasteiger partial charge >= 0.3 is 5.97 Å². The summed E-state index contributed by atoms with van der Waals surface area (Å²) in [5.41, 5.74) is 2.70. The number of aliphatic carboxylic acids is 1. The number of aromatic nitrogens is 2. The number of carbonyl (C=O) groups is 1. The third-order valence-electron chi connectivity index (χ3n) is 5.71. The van der Waals surface area contributed by atoms with Gasteiger partial charge in [0.05, 0.1) is 5.69 Å². The minimum atomic E-state index is -1.30. The summed E-state index contributed by atoms with van der Waals surface area (Å²) in [6.07, 6.45) is 3.58. The van der Waals surface area contributed by atoms with Crippen LogP contribution < -0.4 is 4.74 Å². The average molecular weight is 550 g/mol. The van der Waals surface area contributed by atoms with E-state index in [9.17, 15) is 9.90 Å². The fourth-order valence-corrected chi connectivity index (χ4v) is 4.10. The molecule has 186 valence electrons. The Hall–Kier alpha value is -3.49. The number of rotatable bonds is 10. The molecule has 0 amide bonds. The molecule has 4 aromatic rings. The second kappa shape index (κ2) is 11.1. The average Bonchev–Trinajstić information content (AvgIpc) is 3.21. The number of carboxylic acid groups (broad SMARTS) is 1. The predicted molar refractivity (Wildman–Crippen MR) is 140 cm³/mol. The van der Waals surface area contributed by atoms with Crippen LogP contribution in [0.15, 0.2) is 81.9 Å². The highest BCUT2D eigenvalue weighted by atomic mass is 79.9. The van der Waals surface area contributed by atoms with Crippen molar-refractivity contribution in [1.29, 1.82) is 0 Å². The molecule has 8 heteroatoms. The van der Waals surface area contributed by atoms with Gasteiger partial charge in [-0.25, -0.2) is 9.78 Å². The maximum absolute atomic E-state index is 11.4. The highest BCUT2D eigenvalue weighted by Gasteiger charge is 2.29. The van der Waals surface area contributed by atoms with Crippen molar-refractivity contribution in [2.75, 3.05) is 0 Å². The van der Waals surface area contributed by atoms with Crippen molar-refractivity contribution in [3.05, 3.63) is 100 Å². The maximum Gasteiger partial charge on any atom is 0.347 e. The smallest absolute Gasteiger partial charge is 0.347 e. The SMILES string of the molecule is Cc1oc(-c2cccc(Br)c2)nc1CN(Cc1ccncc1)Cc1ccc(OC(C)(C)C(=O)O)cc1. The third-order valence-corrected chi connectivity index (χ3v) is 6.20. The van der Waals surface area contributed by atoms with Crippen molar-refractivity contribution in [2.45, 2.75) is 46.0 Å². The number of ether oxygens (including phenoxy) is 1. The number of carboxylic acids is 1. The van der Waals surface area contributed by atoms with Crippen LogP contribution in [-0.4, -0.2) is 31.5 Å². The fraction of sp³-hybridized carbons (Fsp3) is 0.250. The number of halogens is 1. The summed E-state index contributed by atoms with van der Waals surface area (Å²) in [5.74, 6) is 0.873. The van der Waals surface area contributed by atoms with Crippen LogP contribution in [0.1, 0.15) is 36.4 Å². The summed E-state index contributed by atoms with van der Waals surface area (Å²) in [7, 11) is 0. The van der Waals surface area contributed by atoms with E-state index in [2.05, 4.69) is 25.8 Å². The van der Waals surface area contributed by atoms with E-state index >= 15 is 0 Å². The predicted octanol–water partition coefficient (Wildman–Crippen LogP) is 6.25. The molecule has 2 aromatic heterocycles. The van der Waals surface area contributed by atoms with Crippen molar-refractivity contribution in [3.8, 4) is 17.2 Å². The first-order chi connectivity index (χ1) is 17.2. The van der Waals surface area contributed by atoms with Gasteiger partial charge in [-0.05, 0) is 74.4 Å². The summed E-state index contributed by atoms with van der Waals surface area (Å²) >= 11 is 3.51. The first kappa shape index (κ1) is 25.6. The molecule has 0 unspecified atom stereocenters. The van der Waals surface area contributed by atoms with Crippen LogP contribution in [0.3, 0.4) is 0 Å². The van der Waals surface area contributed by atoms with Crippen molar-refractivity contribution in [1.82, 2.24) is 14.9 Å². The Morgan fingerprint density at radius 1 is 1.03 bits per heavy atom. The van der Waals surface area contributed by atoms with E-state index in [1.165, 1.54) is 13.8 Å². The van der Waals surface area contributed by atoms with Gasteiger partial charge in [-0.15, -0.1) is 0 Å². The van der Waals surface area contributed by atoms with Gasteiger partial charge < -0.3 is 14.3 Å². The van der Waals surface area contributed by atoms with Gasteiger partial charge in [0.1, 0.15) is 11.5 Å². The normalized spacial score (nSPS) is 11.6. The Bertz CT molecular complexity index is 1320. The van der Waals surface area contributed by atoms with Crippen molar-refractivity contribution < 1.29 is 19.1 Å². The van der Waals surface area contributed by atoms with Crippen LogP contribution in [0.4, 0.5) is 0 Å². The van der Waals surface area contributed by atoms with Gasteiger partial charge in [0.2, 0.25) is 5.89 Å². The summed E-state index contributed by atoms with van der Waals surface area (Å²) in [6.45, 7) is 6.94. The van der Waals surface area contributed by atoms with Crippen LogP contribution in [0.25, 0.3) is 11.5 Å². The van der Waals surface area contributed by atoms with E-state index < -0.39 is 11.6 Å². The Morgan fingerprint density at radius 2 is 1.69 bits per heavy atom. The Kier molecular flexibility index (Phi) is 7.86. The van der Waals surface area contributed by atoms with Gasteiger partial charge in [-0.2, -0.15) is 0 Å². The molecule has 0 radical (unpaired) electrons. The lowest BCUT2D eigenvalue weighted by molar-refractivity contribution is -0.152. The zero-order valence-corrected chi connectivity index (χ0v) is 22.0. The lowest BCUT2D eigenvalue weighted by Crippen LogP contribution is -2.37. The van der Waals surface area contributed by atoms with E-state index in [0.29, 0.717) is 31.3 Å². The van der Waals surface area contributed by atoms with Gasteiger partial charge in [-0.3, -0.25) is 9.88 Å². The van der Waals surface area contributed by atoms with Gasteiger partial charge in [-0.1, -0.05) is 34.1 Å². The lowest BCUT2D eigenvalue weighted by atomic mass is 10.1. The molecular weight excluding hydrogens is 522 g/mol. The Labute approximate surface area is 218 Å². The molecule has 0 atom stereocenters. The second-order valence-corrected chi connectivity index (χ2v) is 10.0. The number of benzene rings is 2. The lowest BCUT2D eigenvalue weighted by Gasteiger charge is -2.23. The van der Waals surface area contributed by atoms with E-state index in [1.807, 2.05) is 55.5 Å². The summed E-state index contributed by atoms with van der Waals surface area (Å²) in [4.78, 5) is 22.6. The molecule has 1 N–H and O–H groups in total. The largest absolute Gasteiger partial charge is 0.478 e. The number of pyridine rings is 1.